The van der Waals surface area contributed by atoms with Gasteiger partial charge in [0.1, 0.15) is 0 Å². The lowest BCUT2D eigenvalue weighted by atomic mass is 9.97. The molecule has 0 aliphatic carbocycles. The van der Waals surface area contributed by atoms with E-state index in [1.165, 1.54) is 54.5 Å². The standard InChI is InChI=1S/C44H30N2/c1-3-19-35(20-4-1)45(41-26-12-17-31-14-9-10-24-38(31)41)37-23-11-18-34(28-37)39-25-13-27-42-44(39)40-29-32-15-7-8-16-33(32)30-43(40)46(42)36-21-5-2-6-22-36/h1-30H. The van der Waals surface area contributed by atoms with Crippen molar-refractivity contribution in [3.05, 3.63) is 182 Å². The summed E-state index contributed by atoms with van der Waals surface area (Å²) in [4.78, 5) is 2.38. The Morgan fingerprint density at radius 3 is 1.85 bits per heavy atom. The first-order valence-corrected chi connectivity index (χ1v) is 15.8. The van der Waals surface area contributed by atoms with Gasteiger partial charge in [0.25, 0.3) is 0 Å². The van der Waals surface area contributed by atoms with Crippen LogP contribution in [0, 0.1) is 0 Å². The molecule has 0 aliphatic heterocycles. The third-order valence-electron chi connectivity index (χ3n) is 9.11. The molecule has 0 saturated heterocycles. The van der Waals surface area contributed by atoms with Gasteiger partial charge in [-0.3, -0.25) is 0 Å². The van der Waals surface area contributed by atoms with Crippen LogP contribution in [0.25, 0.3) is 60.2 Å². The number of nitrogens with zero attached hydrogens (tertiary/aromatic N) is 2. The highest BCUT2D eigenvalue weighted by atomic mass is 15.1. The Bertz CT molecular complexity index is 2520. The second kappa shape index (κ2) is 10.8. The molecule has 0 amide bonds. The smallest absolute Gasteiger partial charge is 0.0547 e. The van der Waals surface area contributed by atoms with E-state index in [9.17, 15) is 0 Å². The molecule has 1 heterocycles. The van der Waals surface area contributed by atoms with Crippen LogP contribution in [0.3, 0.4) is 0 Å². The molecular weight excluding hydrogens is 556 g/mol. The van der Waals surface area contributed by atoms with Crippen LogP contribution in [0.2, 0.25) is 0 Å². The predicted octanol–water partition coefficient (Wildman–Crippen LogP) is 12.2. The maximum absolute atomic E-state index is 2.41. The number of anilines is 3. The maximum Gasteiger partial charge on any atom is 0.0547 e. The van der Waals surface area contributed by atoms with Crippen molar-refractivity contribution in [2.24, 2.45) is 0 Å². The Kier molecular flexibility index (Phi) is 6.17. The molecule has 0 N–H and O–H groups in total. The molecule has 2 nitrogen and oxygen atoms in total. The molecule has 9 rings (SSSR count). The van der Waals surface area contributed by atoms with Gasteiger partial charge in [0, 0.05) is 33.2 Å². The van der Waals surface area contributed by atoms with Crippen molar-refractivity contribution < 1.29 is 0 Å². The molecule has 0 unspecified atom stereocenters. The Morgan fingerprint density at radius 1 is 0.391 bits per heavy atom. The number of hydrogen-bond donors (Lipinski definition) is 0. The summed E-state index contributed by atoms with van der Waals surface area (Å²) < 4.78 is 2.41. The summed E-state index contributed by atoms with van der Waals surface area (Å²) in [5, 5.41) is 7.46. The van der Waals surface area contributed by atoms with Crippen molar-refractivity contribution >= 4 is 60.4 Å². The van der Waals surface area contributed by atoms with E-state index in [1.54, 1.807) is 0 Å². The zero-order valence-corrected chi connectivity index (χ0v) is 25.2. The first-order chi connectivity index (χ1) is 22.8. The summed E-state index contributed by atoms with van der Waals surface area (Å²) in [6, 6.07) is 65.7. The fourth-order valence-electron chi connectivity index (χ4n) is 7.07. The molecule has 46 heavy (non-hydrogen) atoms. The van der Waals surface area contributed by atoms with Crippen LogP contribution in [0.15, 0.2) is 182 Å². The zero-order chi connectivity index (χ0) is 30.5. The molecule has 8 aromatic carbocycles. The number of benzene rings is 8. The average molecular weight is 587 g/mol. The van der Waals surface area contributed by atoms with Gasteiger partial charge in [0.05, 0.1) is 16.7 Å². The summed E-state index contributed by atoms with van der Waals surface area (Å²) in [6.07, 6.45) is 0. The highest BCUT2D eigenvalue weighted by Crippen LogP contribution is 2.43. The maximum atomic E-state index is 2.41. The van der Waals surface area contributed by atoms with Crippen molar-refractivity contribution in [3.8, 4) is 16.8 Å². The molecule has 2 heteroatoms. The van der Waals surface area contributed by atoms with E-state index >= 15 is 0 Å². The molecule has 216 valence electrons. The molecule has 1 aromatic heterocycles. The van der Waals surface area contributed by atoms with E-state index in [2.05, 4.69) is 191 Å². The predicted molar refractivity (Wildman–Crippen MR) is 196 cm³/mol. The van der Waals surface area contributed by atoms with E-state index in [0.29, 0.717) is 0 Å². The largest absolute Gasteiger partial charge is 0.310 e. The van der Waals surface area contributed by atoms with Crippen LogP contribution in [-0.2, 0) is 0 Å². The lowest BCUT2D eigenvalue weighted by Gasteiger charge is -2.27. The monoisotopic (exact) mass is 586 g/mol. The van der Waals surface area contributed by atoms with Crippen molar-refractivity contribution in [1.29, 1.82) is 0 Å². The van der Waals surface area contributed by atoms with Gasteiger partial charge in [-0.15, -0.1) is 0 Å². The van der Waals surface area contributed by atoms with E-state index in [4.69, 9.17) is 0 Å². The van der Waals surface area contributed by atoms with Gasteiger partial charge >= 0.3 is 0 Å². The molecule has 9 aromatic rings. The highest BCUT2D eigenvalue weighted by molar-refractivity contribution is 6.18. The van der Waals surface area contributed by atoms with E-state index < -0.39 is 0 Å². The fourth-order valence-corrected chi connectivity index (χ4v) is 7.07. The summed E-state index contributed by atoms with van der Waals surface area (Å²) >= 11 is 0. The molecule has 0 saturated carbocycles. The van der Waals surface area contributed by atoms with Crippen LogP contribution in [0.5, 0.6) is 0 Å². The number of para-hydroxylation sites is 2. The van der Waals surface area contributed by atoms with Crippen LogP contribution >= 0.6 is 0 Å². The second-order valence-corrected chi connectivity index (χ2v) is 11.8. The summed E-state index contributed by atoms with van der Waals surface area (Å²) in [6.45, 7) is 0. The summed E-state index contributed by atoms with van der Waals surface area (Å²) in [5.41, 5.74) is 9.39. The first-order valence-electron chi connectivity index (χ1n) is 15.8. The van der Waals surface area contributed by atoms with Crippen molar-refractivity contribution in [3.63, 3.8) is 0 Å². The quantitative estimate of drug-likeness (QED) is 0.195. The molecule has 0 bridgehead atoms. The van der Waals surface area contributed by atoms with Gasteiger partial charge in [-0.2, -0.15) is 0 Å². The number of fused-ring (bicyclic) bond motifs is 5. The Balaban J connectivity index is 1.31. The number of aromatic nitrogens is 1. The van der Waals surface area contributed by atoms with Crippen molar-refractivity contribution in [2.45, 2.75) is 0 Å². The summed E-state index contributed by atoms with van der Waals surface area (Å²) in [7, 11) is 0. The second-order valence-electron chi connectivity index (χ2n) is 11.8. The van der Waals surface area contributed by atoms with Gasteiger partial charge in [-0.25, -0.2) is 0 Å². The van der Waals surface area contributed by atoms with E-state index in [0.717, 1.165) is 22.7 Å². The van der Waals surface area contributed by atoms with Gasteiger partial charge in [-0.1, -0.05) is 121 Å². The lowest BCUT2D eigenvalue weighted by Crippen LogP contribution is -2.10. The van der Waals surface area contributed by atoms with E-state index in [-0.39, 0.29) is 0 Å². The lowest BCUT2D eigenvalue weighted by molar-refractivity contribution is 1.18. The Hall–Kier alpha value is -6.12. The van der Waals surface area contributed by atoms with Crippen LogP contribution in [-0.4, -0.2) is 4.57 Å². The van der Waals surface area contributed by atoms with Crippen LogP contribution in [0.1, 0.15) is 0 Å². The molecule has 0 aliphatic rings. The summed E-state index contributed by atoms with van der Waals surface area (Å²) in [5.74, 6) is 0. The molecule has 0 radical (unpaired) electrons. The highest BCUT2D eigenvalue weighted by Gasteiger charge is 2.19. The van der Waals surface area contributed by atoms with Crippen molar-refractivity contribution in [1.82, 2.24) is 4.57 Å². The topological polar surface area (TPSA) is 8.17 Å². The minimum atomic E-state index is 1.12. The molecular formula is C44H30N2. The van der Waals surface area contributed by atoms with Gasteiger partial charge in [0.15, 0.2) is 0 Å². The average Bonchev–Trinajstić information content (AvgIpc) is 3.45. The first kappa shape index (κ1) is 26.3. The van der Waals surface area contributed by atoms with Crippen molar-refractivity contribution in [2.75, 3.05) is 4.90 Å². The van der Waals surface area contributed by atoms with Crippen LogP contribution < -0.4 is 4.90 Å². The van der Waals surface area contributed by atoms with Crippen LogP contribution in [0.4, 0.5) is 17.1 Å². The fraction of sp³-hybridized carbons (Fsp3) is 0. The SMILES string of the molecule is c1ccc(N(c2cccc(-c3cccc4c3c3cc5ccccc5cc3n4-c3ccccc3)c2)c2cccc3ccccc23)cc1. The van der Waals surface area contributed by atoms with Gasteiger partial charge in [-0.05, 0) is 87.9 Å². The molecule has 0 fully saturated rings. The number of hydrogen-bond acceptors (Lipinski definition) is 1. The number of rotatable bonds is 5. The van der Waals surface area contributed by atoms with E-state index in [1.807, 2.05) is 0 Å². The Morgan fingerprint density at radius 2 is 1.02 bits per heavy atom. The molecule has 0 spiro atoms. The normalized spacial score (nSPS) is 11.5. The zero-order valence-electron chi connectivity index (χ0n) is 25.2. The minimum Gasteiger partial charge on any atom is -0.310 e. The third-order valence-corrected chi connectivity index (χ3v) is 9.11. The minimum absolute atomic E-state index is 1.12. The van der Waals surface area contributed by atoms with Gasteiger partial charge < -0.3 is 9.47 Å². The third kappa shape index (κ3) is 4.27. The molecule has 0 atom stereocenters. The Labute approximate surface area is 268 Å². The van der Waals surface area contributed by atoms with Gasteiger partial charge in [0.2, 0.25) is 0 Å².